The van der Waals surface area contributed by atoms with Gasteiger partial charge in [0.25, 0.3) is 5.69 Å². The maximum atomic E-state index is 11.0. The molecule has 0 bridgehead atoms. The maximum Gasteiger partial charge on any atom is 0.269 e. The van der Waals surface area contributed by atoms with Gasteiger partial charge in [0.15, 0.2) is 5.82 Å². The van der Waals surface area contributed by atoms with Gasteiger partial charge in [-0.15, -0.1) is 10.2 Å². The molecule has 0 aliphatic heterocycles. The van der Waals surface area contributed by atoms with Gasteiger partial charge in [0.1, 0.15) is 12.4 Å². The van der Waals surface area contributed by atoms with E-state index < -0.39 is 4.92 Å². The molecule has 28 heavy (non-hydrogen) atoms. The normalized spacial score (nSPS) is 12.0. The molecule has 0 radical (unpaired) electrons. The van der Waals surface area contributed by atoms with Crippen LogP contribution in [0.25, 0.3) is 0 Å². The van der Waals surface area contributed by atoms with Gasteiger partial charge in [-0.2, -0.15) is 0 Å². The van der Waals surface area contributed by atoms with E-state index in [0.717, 1.165) is 22.4 Å². The second-order valence-corrected chi connectivity index (χ2v) is 7.80. The number of hydrogen-bond donors (Lipinski definition) is 1. The summed E-state index contributed by atoms with van der Waals surface area (Å²) in [5, 5.41) is 19.6. The highest BCUT2D eigenvalue weighted by Gasteiger charge is 2.17. The number of thioether (sulfide) groups is 1. The first-order valence-corrected chi connectivity index (χ1v) is 9.53. The van der Waals surface area contributed by atoms with Crippen molar-refractivity contribution < 1.29 is 9.66 Å². The zero-order valence-electron chi connectivity index (χ0n) is 15.8. The summed E-state index contributed by atoms with van der Waals surface area (Å²) in [6.45, 7) is 6.15. The van der Waals surface area contributed by atoms with E-state index in [4.69, 9.17) is 10.6 Å². The fourth-order valence-electron chi connectivity index (χ4n) is 2.77. The smallest absolute Gasteiger partial charge is 0.269 e. The molecule has 146 valence electrons. The molecule has 3 aromatic rings. The van der Waals surface area contributed by atoms with Crippen molar-refractivity contribution >= 4 is 17.4 Å². The summed E-state index contributed by atoms with van der Waals surface area (Å²) in [7, 11) is 0. The van der Waals surface area contributed by atoms with Crippen LogP contribution in [0, 0.1) is 24.0 Å². The Bertz CT molecular complexity index is 985. The number of nitro benzene ring substituents is 1. The van der Waals surface area contributed by atoms with Crippen molar-refractivity contribution in [2.45, 2.75) is 37.8 Å². The van der Waals surface area contributed by atoms with Crippen molar-refractivity contribution in [3.8, 4) is 5.75 Å². The highest BCUT2D eigenvalue weighted by molar-refractivity contribution is 7.99. The third-order valence-electron chi connectivity index (χ3n) is 4.13. The fraction of sp³-hybridized carbons (Fsp3) is 0.263. The Kier molecular flexibility index (Phi) is 5.84. The molecule has 0 aliphatic carbocycles. The molecule has 2 aromatic carbocycles. The number of ether oxygens (including phenoxy) is 1. The highest BCUT2D eigenvalue weighted by Crippen LogP contribution is 2.34. The van der Waals surface area contributed by atoms with E-state index >= 15 is 0 Å². The van der Waals surface area contributed by atoms with Gasteiger partial charge in [-0.1, -0.05) is 30.0 Å². The first-order valence-electron chi connectivity index (χ1n) is 8.65. The van der Waals surface area contributed by atoms with E-state index in [9.17, 15) is 10.1 Å². The molecule has 0 amide bonds. The fourth-order valence-corrected chi connectivity index (χ4v) is 3.67. The zero-order valence-corrected chi connectivity index (χ0v) is 16.6. The van der Waals surface area contributed by atoms with Gasteiger partial charge in [-0.25, -0.2) is 4.68 Å². The van der Waals surface area contributed by atoms with Gasteiger partial charge in [-0.05, 0) is 49.6 Å². The molecule has 3 rings (SSSR count). The Morgan fingerprint density at radius 2 is 1.93 bits per heavy atom. The molecule has 0 fully saturated rings. The standard InChI is InChI=1S/C19H21N5O3S/c1-12-7-13(2)9-17(8-12)27-11-18-21-22-19(23(18)20)28-14(3)15-5-4-6-16(10-15)24(25)26/h4-10,14H,11,20H2,1-3H3. The molecule has 1 aromatic heterocycles. The van der Waals surface area contributed by atoms with E-state index in [0.29, 0.717) is 11.0 Å². The Morgan fingerprint density at radius 1 is 1.21 bits per heavy atom. The number of benzene rings is 2. The minimum Gasteiger partial charge on any atom is -0.486 e. The van der Waals surface area contributed by atoms with Crippen molar-refractivity contribution in [3.05, 3.63) is 75.1 Å². The summed E-state index contributed by atoms with van der Waals surface area (Å²) in [6, 6.07) is 12.5. The van der Waals surface area contributed by atoms with Crippen LogP contribution < -0.4 is 10.6 Å². The Labute approximate surface area is 166 Å². The molecule has 0 saturated heterocycles. The number of rotatable bonds is 7. The molecule has 0 spiro atoms. The van der Waals surface area contributed by atoms with Crippen LogP contribution in [0.4, 0.5) is 5.69 Å². The molecular formula is C19H21N5O3S. The van der Waals surface area contributed by atoms with Gasteiger partial charge in [0, 0.05) is 17.4 Å². The van der Waals surface area contributed by atoms with Crippen LogP contribution in [0.2, 0.25) is 0 Å². The largest absolute Gasteiger partial charge is 0.486 e. The molecule has 0 saturated carbocycles. The van der Waals surface area contributed by atoms with Crippen molar-refractivity contribution in [2.75, 3.05) is 5.84 Å². The average molecular weight is 399 g/mol. The number of aryl methyl sites for hydroxylation is 2. The minimum atomic E-state index is -0.408. The Hall–Kier alpha value is -3.07. The molecular weight excluding hydrogens is 378 g/mol. The third-order valence-corrected chi connectivity index (χ3v) is 5.25. The van der Waals surface area contributed by atoms with E-state index in [1.807, 2.05) is 39.0 Å². The number of nitro groups is 1. The second-order valence-electron chi connectivity index (χ2n) is 6.49. The molecule has 2 N–H and O–H groups in total. The van der Waals surface area contributed by atoms with Crippen LogP contribution >= 0.6 is 11.8 Å². The number of non-ortho nitro benzene ring substituents is 1. The number of hydrogen-bond acceptors (Lipinski definition) is 7. The van der Waals surface area contributed by atoms with Crippen LogP contribution in [0.5, 0.6) is 5.75 Å². The monoisotopic (exact) mass is 399 g/mol. The summed E-state index contributed by atoms with van der Waals surface area (Å²) in [5.74, 6) is 7.36. The summed E-state index contributed by atoms with van der Waals surface area (Å²) in [4.78, 5) is 10.6. The lowest BCUT2D eigenvalue weighted by Gasteiger charge is -2.11. The summed E-state index contributed by atoms with van der Waals surface area (Å²) in [5.41, 5.74) is 3.11. The summed E-state index contributed by atoms with van der Waals surface area (Å²) < 4.78 is 7.18. The number of aromatic nitrogens is 3. The van der Waals surface area contributed by atoms with Crippen molar-refractivity contribution in [1.29, 1.82) is 0 Å². The average Bonchev–Trinajstić information content (AvgIpc) is 2.99. The lowest BCUT2D eigenvalue weighted by atomic mass is 10.1. The van der Waals surface area contributed by atoms with Gasteiger partial charge >= 0.3 is 0 Å². The molecule has 9 heteroatoms. The van der Waals surface area contributed by atoms with Gasteiger partial charge < -0.3 is 10.6 Å². The van der Waals surface area contributed by atoms with Gasteiger partial charge in [0.05, 0.1) is 4.92 Å². The molecule has 1 heterocycles. The SMILES string of the molecule is Cc1cc(C)cc(OCc2nnc(SC(C)c3cccc([N+](=O)[O-])c3)n2N)c1. The highest BCUT2D eigenvalue weighted by atomic mass is 32.2. The zero-order chi connectivity index (χ0) is 20.3. The summed E-state index contributed by atoms with van der Waals surface area (Å²) >= 11 is 1.38. The van der Waals surface area contributed by atoms with Crippen LogP contribution in [0.3, 0.4) is 0 Å². The van der Waals surface area contributed by atoms with Gasteiger partial charge in [0.2, 0.25) is 5.16 Å². The van der Waals surface area contributed by atoms with E-state index in [1.165, 1.54) is 22.5 Å². The van der Waals surface area contributed by atoms with Crippen molar-refractivity contribution in [2.24, 2.45) is 0 Å². The number of nitrogen functional groups attached to an aromatic ring is 1. The molecule has 8 nitrogen and oxygen atoms in total. The van der Waals surface area contributed by atoms with E-state index in [1.54, 1.807) is 12.1 Å². The van der Waals surface area contributed by atoms with Crippen LogP contribution in [0.1, 0.15) is 34.7 Å². The van der Waals surface area contributed by atoms with Crippen molar-refractivity contribution in [3.63, 3.8) is 0 Å². The number of nitrogens with two attached hydrogens (primary N) is 1. The van der Waals surface area contributed by atoms with Crippen LogP contribution in [0.15, 0.2) is 47.6 Å². The molecule has 0 aliphatic rings. The minimum absolute atomic E-state index is 0.0571. The predicted octanol–water partition coefficient (Wildman–Crippen LogP) is 3.95. The molecule has 1 atom stereocenters. The quantitative estimate of drug-likeness (QED) is 0.277. The predicted molar refractivity (Wildman–Crippen MR) is 108 cm³/mol. The van der Waals surface area contributed by atoms with Gasteiger partial charge in [-0.3, -0.25) is 10.1 Å². The lowest BCUT2D eigenvalue weighted by molar-refractivity contribution is -0.384. The Morgan fingerprint density at radius 3 is 2.61 bits per heavy atom. The third kappa shape index (κ3) is 4.61. The number of nitrogens with zero attached hydrogens (tertiary/aromatic N) is 4. The summed E-state index contributed by atoms with van der Waals surface area (Å²) in [6.07, 6.45) is 0. The van der Waals surface area contributed by atoms with Crippen LogP contribution in [-0.4, -0.2) is 19.8 Å². The molecule has 1 unspecified atom stereocenters. The van der Waals surface area contributed by atoms with Crippen LogP contribution in [-0.2, 0) is 6.61 Å². The topological polar surface area (TPSA) is 109 Å². The first-order chi connectivity index (χ1) is 13.3. The van der Waals surface area contributed by atoms with Crippen molar-refractivity contribution in [1.82, 2.24) is 14.9 Å². The Balaban J connectivity index is 1.68. The lowest BCUT2D eigenvalue weighted by Crippen LogP contribution is -2.16. The van der Waals surface area contributed by atoms with E-state index in [2.05, 4.69) is 16.3 Å². The second kappa shape index (κ2) is 8.30. The maximum absolute atomic E-state index is 11.0. The first kappa shape index (κ1) is 19.7. The van der Waals surface area contributed by atoms with E-state index in [-0.39, 0.29) is 17.5 Å².